The number of anilines is 2. The number of nitrogens with zero attached hydrogens (tertiary/aromatic N) is 3. The Morgan fingerprint density at radius 3 is 2.85 bits per heavy atom. The summed E-state index contributed by atoms with van der Waals surface area (Å²) in [5.74, 6) is -0.527. The molecule has 0 spiro atoms. The summed E-state index contributed by atoms with van der Waals surface area (Å²) < 4.78 is 0. The molecule has 0 saturated carbocycles. The van der Waals surface area contributed by atoms with Gasteiger partial charge in [-0.2, -0.15) is 0 Å². The van der Waals surface area contributed by atoms with Crippen molar-refractivity contribution in [2.75, 3.05) is 16.8 Å². The molecule has 0 saturated heterocycles. The number of fused-ring (bicyclic) bond motifs is 1. The monoisotopic (exact) mass is 392 g/mol. The number of aromatic nitrogens is 1. The van der Waals surface area contributed by atoms with Gasteiger partial charge in [-0.1, -0.05) is 11.6 Å². The van der Waals surface area contributed by atoms with Crippen LogP contribution in [0.1, 0.15) is 25.1 Å². The van der Waals surface area contributed by atoms with Crippen molar-refractivity contribution in [3.05, 3.63) is 43.9 Å². The van der Waals surface area contributed by atoms with Crippen LogP contribution >= 0.6 is 22.9 Å². The zero-order valence-electron chi connectivity index (χ0n) is 13.8. The van der Waals surface area contributed by atoms with Crippen LogP contribution in [0.3, 0.4) is 0 Å². The van der Waals surface area contributed by atoms with Crippen molar-refractivity contribution in [1.29, 1.82) is 0 Å². The third-order valence-corrected chi connectivity index (χ3v) is 4.98. The zero-order chi connectivity index (χ0) is 19.0. The quantitative estimate of drug-likeness (QED) is 0.486. The maximum absolute atomic E-state index is 12.3. The maximum atomic E-state index is 12.3. The van der Waals surface area contributed by atoms with Gasteiger partial charge in [0.2, 0.25) is 5.91 Å². The Labute approximate surface area is 157 Å². The fourth-order valence-corrected chi connectivity index (χ4v) is 3.71. The molecule has 0 bridgehead atoms. The molecule has 0 fully saturated rings. The minimum atomic E-state index is -0.601. The average Bonchev–Trinajstić information content (AvgIpc) is 3.12. The smallest absolute Gasteiger partial charge is 0.288 e. The fourth-order valence-electron chi connectivity index (χ4n) is 2.59. The van der Waals surface area contributed by atoms with Gasteiger partial charge in [-0.25, -0.2) is 4.98 Å². The Morgan fingerprint density at radius 1 is 1.50 bits per heavy atom. The second-order valence-corrected chi connectivity index (χ2v) is 6.68. The molecule has 134 valence electrons. The van der Waals surface area contributed by atoms with Crippen molar-refractivity contribution in [3.8, 4) is 0 Å². The number of benzene rings is 1. The molecule has 1 aromatic carbocycles. The first-order valence-electron chi connectivity index (χ1n) is 7.56. The Bertz CT molecular complexity index is 969. The summed E-state index contributed by atoms with van der Waals surface area (Å²) in [6.07, 6.45) is 1.53. The van der Waals surface area contributed by atoms with E-state index in [0.29, 0.717) is 28.6 Å². The maximum Gasteiger partial charge on any atom is 0.288 e. The second kappa shape index (κ2) is 6.85. The number of carbonyl (C=O) groups excluding carboxylic acids is 2. The minimum Gasteiger partial charge on any atom is -0.321 e. The zero-order valence-corrected chi connectivity index (χ0v) is 15.3. The average molecular weight is 393 g/mol. The van der Waals surface area contributed by atoms with Crippen molar-refractivity contribution < 1.29 is 14.5 Å². The minimum absolute atomic E-state index is 0.0497. The molecule has 0 radical (unpaired) electrons. The molecule has 2 aromatic rings. The van der Waals surface area contributed by atoms with Crippen LogP contribution in [-0.2, 0) is 9.59 Å². The second-order valence-electron chi connectivity index (χ2n) is 5.44. The topological polar surface area (TPSA) is 105 Å². The van der Waals surface area contributed by atoms with Crippen molar-refractivity contribution >= 4 is 62.9 Å². The number of amides is 2. The number of rotatable bonds is 4. The summed E-state index contributed by atoms with van der Waals surface area (Å²) in [6.45, 7) is 3.77. The number of nitrogens with one attached hydrogen (secondary N) is 1. The highest BCUT2D eigenvalue weighted by atomic mass is 35.5. The molecule has 1 N–H and O–H groups in total. The lowest BCUT2D eigenvalue weighted by Crippen LogP contribution is -2.27. The molecule has 0 aliphatic carbocycles. The molecule has 3 rings (SSSR count). The number of hydrogen-bond acceptors (Lipinski definition) is 6. The van der Waals surface area contributed by atoms with Crippen LogP contribution < -0.4 is 10.2 Å². The standard InChI is InChI=1S/C16H13ClN4O4S/c1-3-20(8(2)22)16-18-9(7-26-16)4-11-10-5-14(21(24)25)12(17)6-13(10)19-15(11)23/h4-7H,3H2,1-2H3,(H,19,23)/b11-4+. The first kappa shape index (κ1) is 18.0. The van der Waals surface area contributed by atoms with E-state index < -0.39 is 10.8 Å². The van der Waals surface area contributed by atoms with E-state index in [9.17, 15) is 19.7 Å². The molecule has 2 amide bonds. The van der Waals surface area contributed by atoms with Gasteiger partial charge >= 0.3 is 0 Å². The SMILES string of the molecule is CCN(C(C)=O)c1nc(/C=C2/C(=O)Nc3cc(Cl)c([N+](=O)[O-])cc32)cs1. The summed E-state index contributed by atoms with van der Waals surface area (Å²) >= 11 is 7.16. The largest absolute Gasteiger partial charge is 0.321 e. The fraction of sp³-hybridized carbons (Fsp3) is 0.188. The molecular formula is C16H13ClN4O4S. The van der Waals surface area contributed by atoms with E-state index in [0.717, 1.165) is 0 Å². The Balaban J connectivity index is 2.02. The highest BCUT2D eigenvalue weighted by molar-refractivity contribution is 7.14. The number of nitro groups is 1. The molecule has 2 heterocycles. The highest BCUT2D eigenvalue weighted by Crippen LogP contribution is 2.39. The molecule has 1 aliphatic rings. The summed E-state index contributed by atoms with van der Waals surface area (Å²) in [4.78, 5) is 40.2. The van der Waals surface area contributed by atoms with Gasteiger partial charge in [-0.15, -0.1) is 11.3 Å². The predicted octanol–water partition coefficient (Wildman–Crippen LogP) is 3.57. The van der Waals surface area contributed by atoms with Crippen LogP contribution in [0.15, 0.2) is 17.5 Å². The normalized spacial score (nSPS) is 14.3. The lowest BCUT2D eigenvalue weighted by atomic mass is 10.1. The van der Waals surface area contributed by atoms with Gasteiger partial charge in [0.05, 0.1) is 21.9 Å². The van der Waals surface area contributed by atoms with E-state index >= 15 is 0 Å². The van der Waals surface area contributed by atoms with E-state index in [1.165, 1.54) is 41.4 Å². The first-order chi connectivity index (χ1) is 12.3. The van der Waals surface area contributed by atoms with Gasteiger partial charge in [0.25, 0.3) is 11.6 Å². The number of thiazole rings is 1. The third kappa shape index (κ3) is 3.18. The van der Waals surface area contributed by atoms with E-state index in [1.807, 2.05) is 6.92 Å². The third-order valence-electron chi connectivity index (χ3n) is 3.80. The van der Waals surface area contributed by atoms with Gasteiger partial charge < -0.3 is 5.32 Å². The van der Waals surface area contributed by atoms with Gasteiger partial charge in [0, 0.05) is 30.5 Å². The Hall–Kier alpha value is -2.78. The molecular weight excluding hydrogens is 380 g/mol. The number of nitro benzene ring substituents is 1. The molecule has 0 unspecified atom stereocenters. The van der Waals surface area contributed by atoms with Crippen LogP contribution in [0.5, 0.6) is 0 Å². The molecule has 26 heavy (non-hydrogen) atoms. The van der Waals surface area contributed by atoms with Gasteiger partial charge in [-0.05, 0) is 19.1 Å². The van der Waals surface area contributed by atoms with E-state index in [1.54, 1.807) is 5.38 Å². The first-order valence-corrected chi connectivity index (χ1v) is 8.82. The van der Waals surface area contributed by atoms with E-state index in [-0.39, 0.29) is 22.2 Å². The molecule has 8 nitrogen and oxygen atoms in total. The summed E-state index contributed by atoms with van der Waals surface area (Å²) in [5, 5.41) is 15.9. The lowest BCUT2D eigenvalue weighted by Gasteiger charge is -2.14. The number of hydrogen-bond donors (Lipinski definition) is 1. The van der Waals surface area contributed by atoms with Crippen molar-refractivity contribution in [2.24, 2.45) is 0 Å². The molecule has 1 aromatic heterocycles. The summed E-state index contributed by atoms with van der Waals surface area (Å²) in [6, 6.07) is 2.62. The molecule has 10 heteroatoms. The van der Waals surface area contributed by atoms with Gasteiger partial charge in [0.15, 0.2) is 5.13 Å². The Morgan fingerprint density at radius 2 is 2.23 bits per heavy atom. The summed E-state index contributed by atoms with van der Waals surface area (Å²) in [5.41, 5.74) is 1.26. The van der Waals surface area contributed by atoms with Crippen molar-refractivity contribution in [1.82, 2.24) is 4.98 Å². The van der Waals surface area contributed by atoms with Crippen LogP contribution in [0.25, 0.3) is 11.6 Å². The number of carbonyl (C=O) groups is 2. The van der Waals surface area contributed by atoms with Gasteiger partial charge in [-0.3, -0.25) is 24.6 Å². The number of halogens is 1. The van der Waals surface area contributed by atoms with Crippen LogP contribution in [-0.4, -0.2) is 28.3 Å². The molecule has 1 aliphatic heterocycles. The molecule has 0 atom stereocenters. The van der Waals surface area contributed by atoms with Crippen LogP contribution in [0.2, 0.25) is 5.02 Å². The van der Waals surface area contributed by atoms with Gasteiger partial charge in [0.1, 0.15) is 5.02 Å². The highest BCUT2D eigenvalue weighted by Gasteiger charge is 2.29. The van der Waals surface area contributed by atoms with Crippen LogP contribution in [0.4, 0.5) is 16.5 Å². The van der Waals surface area contributed by atoms with E-state index in [2.05, 4.69) is 10.3 Å². The summed E-state index contributed by atoms with van der Waals surface area (Å²) in [7, 11) is 0. The predicted molar refractivity (Wildman–Crippen MR) is 100 cm³/mol. The van der Waals surface area contributed by atoms with Crippen LogP contribution in [0, 0.1) is 10.1 Å². The lowest BCUT2D eigenvalue weighted by molar-refractivity contribution is -0.384. The van der Waals surface area contributed by atoms with E-state index in [4.69, 9.17) is 11.6 Å². The van der Waals surface area contributed by atoms with Crippen molar-refractivity contribution in [3.63, 3.8) is 0 Å². The van der Waals surface area contributed by atoms with Crippen molar-refractivity contribution in [2.45, 2.75) is 13.8 Å². The Kier molecular flexibility index (Phi) is 4.75.